The van der Waals surface area contributed by atoms with E-state index in [4.69, 9.17) is 0 Å². The summed E-state index contributed by atoms with van der Waals surface area (Å²) in [7, 11) is 0. The van der Waals surface area contributed by atoms with Crippen molar-refractivity contribution in [3.8, 4) is 5.69 Å². The second kappa shape index (κ2) is 8.62. The van der Waals surface area contributed by atoms with Crippen LogP contribution >= 0.6 is 0 Å². The number of hydrogen-bond donors (Lipinski definition) is 2. The number of aromatic nitrogens is 5. The maximum atomic E-state index is 12.5. The van der Waals surface area contributed by atoms with Crippen LogP contribution in [0.4, 0.5) is 11.4 Å². The largest absolute Gasteiger partial charge is 0.324 e. The van der Waals surface area contributed by atoms with Crippen LogP contribution in [0.15, 0.2) is 73.6 Å². The number of carbonyl (C=O) groups is 2. The molecule has 0 radical (unpaired) electrons. The van der Waals surface area contributed by atoms with Crippen LogP contribution in [0.25, 0.3) is 5.69 Å². The van der Waals surface area contributed by atoms with E-state index in [-0.39, 0.29) is 11.8 Å². The van der Waals surface area contributed by atoms with Gasteiger partial charge in [0.05, 0.1) is 11.9 Å². The Bertz CT molecular complexity index is 1180. The van der Waals surface area contributed by atoms with Crippen LogP contribution in [0.5, 0.6) is 0 Å². The number of carbonyl (C=O) groups excluding carboxylic acids is 2. The van der Waals surface area contributed by atoms with Crippen LogP contribution in [-0.4, -0.2) is 36.4 Å². The molecule has 9 heteroatoms. The van der Waals surface area contributed by atoms with E-state index < -0.39 is 6.04 Å². The normalized spacial score (nSPS) is 11.7. The first-order valence-corrected chi connectivity index (χ1v) is 9.68. The van der Waals surface area contributed by atoms with E-state index in [1.54, 1.807) is 54.2 Å². The number of anilines is 2. The number of benzene rings is 2. The van der Waals surface area contributed by atoms with Gasteiger partial charge in [-0.2, -0.15) is 10.2 Å². The lowest BCUT2D eigenvalue weighted by molar-refractivity contribution is -0.119. The van der Waals surface area contributed by atoms with E-state index in [1.807, 2.05) is 25.3 Å². The summed E-state index contributed by atoms with van der Waals surface area (Å²) in [5, 5.41) is 13.9. The van der Waals surface area contributed by atoms with Gasteiger partial charge in [0.25, 0.3) is 5.91 Å². The molecule has 0 aliphatic heterocycles. The first-order chi connectivity index (χ1) is 15.0. The molecule has 2 aromatic heterocycles. The summed E-state index contributed by atoms with van der Waals surface area (Å²) in [5.41, 5.74) is 3.72. The van der Waals surface area contributed by atoms with Gasteiger partial charge in [-0.05, 0) is 67.9 Å². The van der Waals surface area contributed by atoms with Crippen LogP contribution in [-0.2, 0) is 4.79 Å². The summed E-state index contributed by atoms with van der Waals surface area (Å²) in [6, 6.07) is 13.6. The highest BCUT2D eigenvalue weighted by Crippen LogP contribution is 2.17. The van der Waals surface area contributed by atoms with E-state index in [9.17, 15) is 9.59 Å². The van der Waals surface area contributed by atoms with Gasteiger partial charge in [-0.15, -0.1) is 0 Å². The highest BCUT2D eigenvalue weighted by Gasteiger charge is 2.15. The van der Waals surface area contributed by atoms with Crippen molar-refractivity contribution in [2.75, 3.05) is 10.6 Å². The molecule has 156 valence electrons. The SMILES string of the molecule is Cc1cnn(-c2ccc(C(=O)Nc3ccc(NC(=O)C(C)n4cncn4)cc3)cc2)c1. The molecule has 0 spiro atoms. The predicted molar refractivity (Wildman–Crippen MR) is 116 cm³/mol. The molecule has 0 saturated carbocycles. The van der Waals surface area contributed by atoms with Crippen LogP contribution in [0.2, 0.25) is 0 Å². The van der Waals surface area contributed by atoms with Crippen LogP contribution in [0, 0.1) is 6.92 Å². The van der Waals surface area contributed by atoms with Crippen molar-refractivity contribution in [2.24, 2.45) is 0 Å². The standard InChI is InChI=1S/C22H21N7O2/c1-15-11-24-28(12-15)20-9-3-17(4-10-20)22(31)27-19-7-5-18(6-8-19)26-21(30)16(2)29-14-23-13-25-29/h3-14,16H,1-2H3,(H,26,30)(H,27,31). The fourth-order valence-electron chi connectivity index (χ4n) is 2.94. The highest BCUT2D eigenvalue weighted by atomic mass is 16.2. The van der Waals surface area contributed by atoms with Gasteiger partial charge in [-0.3, -0.25) is 9.59 Å². The molecular weight excluding hydrogens is 394 g/mol. The molecule has 4 rings (SSSR count). The number of aryl methyl sites for hydroxylation is 1. The minimum absolute atomic E-state index is 0.213. The average molecular weight is 415 g/mol. The molecule has 9 nitrogen and oxygen atoms in total. The third-order valence-corrected chi connectivity index (χ3v) is 4.73. The summed E-state index contributed by atoms with van der Waals surface area (Å²) < 4.78 is 3.23. The molecule has 0 aliphatic rings. The van der Waals surface area contributed by atoms with Gasteiger partial charge in [0.15, 0.2) is 0 Å². The van der Waals surface area contributed by atoms with Gasteiger partial charge in [0.1, 0.15) is 18.7 Å². The first kappa shape index (κ1) is 20.0. The topological polar surface area (TPSA) is 107 Å². The molecular formula is C22H21N7O2. The Morgan fingerprint density at radius 1 is 0.935 bits per heavy atom. The Hall–Kier alpha value is -4.27. The Morgan fingerprint density at radius 2 is 1.61 bits per heavy atom. The van der Waals surface area contributed by atoms with Crippen LogP contribution < -0.4 is 10.6 Å². The molecule has 4 aromatic rings. The lowest BCUT2D eigenvalue weighted by atomic mass is 10.2. The molecule has 2 aromatic carbocycles. The van der Waals surface area contributed by atoms with Crippen molar-refractivity contribution >= 4 is 23.2 Å². The fraction of sp³-hybridized carbons (Fsp3) is 0.136. The second-order valence-corrected chi connectivity index (χ2v) is 7.08. The average Bonchev–Trinajstić information content (AvgIpc) is 3.47. The minimum atomic E-state index is -0.490. The lowest BCUT2D eigenvalue weighted by Gasteiger charge is -2.12. The predicted octanol–water partition coefficient (Wildman–Crippen LogP) is 3.22. The third kappa shape index (κ3) is 4.67. The number of hydrogen-bond acceptors (Lipinski definition) is 5. The van der Waals surface area contributed by atoms with Gasteiger partial charge in [-0.25, -0.2) is 14.3 Å². The minimum Gasteiger partial charge on any atom is -0.324 e. The quantitative estimate of drug-likeness (QED) is 0.503. The lowest BCUT2D eigenvalue weighted by Crippen LogP contribution is -2.24. The Labute approximate surface area is 178 Å². The number of rotatable bonds is 6. The van der Waals surface area contributed by atoms with Crippen molar-refractivity contribution in [3.63, 3.8) is 0 Å². The molecule has 0 aliphatic carbocycles. The zero-order chi connectivity index (χ0) is 21.8. The number of nitrogens with zero attached hydrogens (tertiary/aromatic N) is 5. The summed E-state index contributed by atoms with van der Waals surface area (Å²) in [6.45, 7) is 3.71. The summed E-state index contributed by atoms with van der Waals surface area (Å²) in [6.07, 6.45) is 6.57. The van der Waals surface area contributed by atoms with E-state index in [1.165, 1.54) is 17.3 Å². The molecule has 2 N–H and O–H groups in total. The van der Waals surface area contributed by atoms with Crippen LogP contribution in [0.3, 0.4) is 0 Å². The summed E-state index contributed by atoms with van der Waals surface area (Å²) >= 11 is 0. The van der Waals surface area contributed by atoms with Crippen molar-refractivity contribution in [1.82, 2.24) is 24.5 Å². The Kier molecular flexibility index (Phi) is 5.57. The first-order valence-electron chi connectivity index (χ1n) is 9.68. The van der Waals surface area contributed by atoms with Crippen molar-refractivity contribution in [1.29, 1.82) is 0 Å². The number of nitrogens with one attached hydrogen (secondary N) is 2. The van der Waals surface area contributed by atoms with Crippen molar-refractivity contribution in [2.45, 2.75) is 19.9 Å². The van der Waals surface area contributed by atoms with Crippen molar-refractivity contribution in [3.05, 3.63) is 84.7 Å². The maximum Gasteiger partial charge on any atom is 0.255 e. The molecule has 0 fully saturated rings. The smallest absolute Gasteiger partial charge is 0.255 e. The van der Waals surface area contributed by atoms with Crippen molar-refractivity contribution < 1.29 is 9.59 Å². The number of amides is 2. The van der Waals surface area contributed by atoms with E-state index in [0.29, 0.717) is 16.9 Å². The van der Waals surface area contributed by atoms with Gasteiger partial charge in [0, 0.05) is 23.1 Å². The third-order valence-electron chi connectivity index (χ3n) is 4.73. The van der Waals surface area contributed by atoms with Gasteiger partial charge in [0.2, 0.25) is 5.91 Å². The Balaban J connectivity index is 1.36. The Morgan fingerprint density at radius 3 is 2.19 bits per heavy atom. The molecule has 1 unspecified atom stereocenters. The van der Waals surface area contributed by atoms with Gasteiger partial charge < -0.3 is 10.6 Å². The molecule has 2 amide bonds. The molecule has 0 saturated heterocycles. The van der Waals surface area contributed by atoms with E-state index in [2.05, 4.69) is 25.8 Å². The van der Waals surface area contributed by atoms with Gasteiger partial charge in [-0.1, -0.05) is 0 Å². The second-order valence-electron chi connectivity index (χ2n) is 7.08. The molecule has 2 heterocycles. The maximum absolute atomic E-state index is 12.5. The highest BCUT2D eigenvalue weighted by molar-refractivity contribution is 6.04. The zero-order valence-corrected chi connectivity index (χ0v) is 17.1. The zero-order valence-electron chi connectivity index (χ0n) is 17.1. The summed E-state index contributed by atoms with van der Waals surface area (Å²) in [5.74, 6) is -0.436. The van der Waals surface area contributed by atoms with Crippen LogP contribution in [0.1, 0.15) is 28.9 Å². The van der Waals surface area contributed by atoms with E-state index in [0.717, 1.165) is 11.3 Å². The molecule has 31 heavy (non-hydrogen) atoms. The van der Waals surface area contributed by atoms with Gasteiger partial charge >= 0.3 is 0 Å². The monoisotopic (exact) mass is 415 g/mol. The van der Waals surface area contributed by atoms with E-state index >= 15 is 0 Å². The molecule has 0 bridgehead atoms. The fourth-order valence-corrected chi connectivity index (χ4v) is 2.94. The summed E-state index contributed by atoms with van der Waals surface area (Å²) in [4.78, 5) is 28.7. The molecule has 1 atom stereocenters.